The molecule has 0 bridgehead atoms. The van der Waals surface area contributed by atoms with E-state index in [2.05, 4.69) is 5.32 Å². The molecule has 5 heteroatoms. The molecular weight excluding hydrogens is 246 g/mol. The zero-order valence-corrected chi connectivity index (χ0v) is 11.0. The summed E-state index contributed by atoms with van der Waals surface area (Å²) in [5.41, 5.74) is 1.88. The third kappa shape index (κ3) is 4.41. The number of halogens is 1. The first kappa shape index (κ1) is 13.3. The Morgan fingerprint density at radius 3 is 2.56 bits per heavy atom. The van der Waals surface area contributed by atoms with Crippen molar-refractivity contribution >= 4 is 27.1 Å². The second-order valence-electron chi connectivity index (χ2n) is 3.76. The third-order valence-corrected chi connectivity index (χ3v) is 3.36. The van der Waals surface area contributed by atoms with Crippen molar-refractivity contribution in [2.24, 2.45) is 0 Å². The second-order valence-corrected chi connectivity index (χ2v) is 6.67. The number of para-hydroxylation sites is 1. The molecule has 0 aliphatic heterocycles. The monoisotopic (exact) mass is 261 g/mol. The van der Waals surface area contributed by atoms with Crippen LogP contribution in [0.1, 0.15) is 17.9 Å². The molecule has 0 spiro atoms. The lowest BCUT2D eigenvalue weighted by Gasteiger charge is -2.12. The molecule has 1 N–H and O–H groups in total. The van der Waals surface area contributed by atoms with Crippen molar-refractivity contribution < 1.29 is 8.42 Å². The lowest BCUT2D eigenvalue weighted by Crippen LogP contribution is -2.14. The fourth-order valence-electron chi connectivity index (χ4n) is 1.38. The van der Waals surface area contributed by atoms with E-state index in [1.54, 1.807) is 0 Å². The Morgan fingerprint density at radius 1 is 1.38 bits per heavy atom. The molecule has 0 aromatic heterocycles. The highest BCUT2D eigenvalue weighted by atomic mass is 35.5. The lowest BCUT2D eigenvalue weighted by atomic mass is 10.1. The molecule has 16 heavy (non-hydrogen) atoms. The first-order valence-corrected chi connectivity index (χ1v) is 7.54. The minimum absolute atomic E-state index is 0.0954. The number of anilines is 1. The first-order chi connectivity index (χ1) is 7.40. The standard InChI is InChI=1S/C11H16ClNO2S/c1-9(12)10-5-3-4-6-11(10)13-7-8-16(2,14)15/h3-6,9,13H,7-8H2,1-2H3. The highest BCUT2D eigenvalue weighted by molar-refractivity contribution is 7.90. The molecular formula is C11H16ClNO2S. The Labute approximate surface area is 102 Å². The van der Waals surface area contributed by atoms with Gasteiger partial charge in [0.25, 0.3) is 0 Å². The number of hydrogen-bond donors (Lipinski definition) is 1. The van der Waals surface area contributed by atoms with Crippen molar-refractivity contribution in [2.75, 3.05) is 23.9 Å². The molecule has 0 saturated carbocycles. The molecule has 0 heterocycles. The molecule has 0 fully saturated rings. The van der Waals surface area contributed by atoms with E-state index in [1.807, 2.05) is 31.2 Å². The van der Waals surface area contributed by atoms with Gasteiger partial charge in [0.1, 0.15) is 9.84 Å². The van der Waals surface area contributed by atoms with Gasteiger partial charge in [0, 0.05) is 18.5 Å². The molecule has 1 atom stereocenters. The van der Waals surface area contributed by atoms with Crippen LogP contribution in [0.5, 0.6) is 0 Å². The minimum Gasteiger partial charge on any atom is -0.384 e. The summed E-state index contributed by atoms with van der Waals surface area (Å²) in [4.78, 5) is 0. The summed E-state index contributed by atoms with van der Waals surface area (Å²) < 4.78 is 21.9. The molecule has 90 valence electrons. The Morgan fingerprint density at radius 2 is 2.00 bits per heavy atom. The normalized spacial score (nSPS) is 13.4. The fraction of sp³-hybridized carbons (Fsp3) is 0.455. The van der Waals surface area contributed by atoms with E-state index in [4.69, 9.17) is 11.6 Å². The maximum atomic E-state index is 11.0. The van der Waals surface area contributed by atoms with Gasteiger partial charge in [0.2, 0.25) is 0 Å². The van der Waals surface area contributed by atoms with Gasteiger partial charge in [-0.3, -0.25) is 0 Å². The van der Waals surface area contributed by atoms with Gasteiger partial charge in [-0.25, -0.2) is 8.42 Å². The zero-order valence-electron chi connectivity index (χ0n) is 9.40. The largest absolute Gasteiger partial charge is 0.384 e. The topological polar surface area (TPSA) is 46.2 Å². The average Bonchev–Trinajstić information content (AvgIpc) is 2.16. The van der Waals surface area contributed by atoms with Gasteiger partial charge in [-0.2, -0.15) is 0 Å². The molecule has 0 aliphatic carbocycles. The van der Waals surface area contributed by atoms with Gasteiger partial charge in [-0.15, -0.1) is 11.6 Å². The van der Waals surface area contributed by atoms with E-state index >= 15 is 0 Å². The summed E-state index contributed by atoms with van der Waals surface area (Å²) >= 11 is 6.02. The molecule has 1 aromatic rings. The highest BCUT2D eigenvalue weighted by Gasteiger charge is 2.07. The number of sulfone groups is 1. The van der Waals surface area contributed by atoms with E-state index in [9.17, 15) is 8.42 Å². The van der Waals surface area contributed by atoms with Gasteiger partial charge in [-0.1, -0.05) is 18.2 Å². The van der Waals surface area contributed by atoms with Crippen LogP contribution in [-0.4, -0.2) is 27.0 Å². The smallest absolute Gasteiger partial charge is 0.149 e. The van der Waals surface area contributed by atoms with Crippen LogP contribution in [0, 0.1) is 0 Å². The first-order valence-electron chi connectivity index (χ1n) is 5.05. The number of nitrogens with one attached hydrogen (secondary N) is 1. The minimum atomic E-state index is -2.92. The fourth-order valence-corrected chi connectivity index (χ4v) is 2.04. The van der Waals surface area contributed by atoms with E-state index < -0.39 is 9.84 Å². The summed E-state index contributed by atoms with van der Waals surface area (Å²) in [6.45, 7) is 2.29. The number of rotatable bonds is 5. The van der Waals surface area contributed by atoms with Gasteiger partial charge in [0.15, 0.2) is 0 Å². The Bertz CT molecular complexity index is 443. The number of alkyl halides is 1. The lowest BCUT2D eigenvalue weighted by molar-refractivity contribution is 0.602. The van der Waals surface area contributed by atoms with Crippen molar-refractivity contribution in [2.45, 2.75) is 12.3 Å². The molecule has 0 aliphatic rings. The van der Waals surface area contributed by atoms with Crippen LogP contribution in [0.25, 0.3) is 0 Å². The van der Waals surface area contributed by atoms with Crippen LogP contribution < -0.4 is 5.32 Å². The van der Waals surface area contributed by atoms with Crippen molar-refractivity contribution in [1.29, 1.82) is 0 Å². The molecule has 0 saturated heterocycles. The molecule has 0 amide bonds. The van der Waals surface area contributed by atoms with Crippen LogP contribution in [0.2, 0.25) is 0 Å². The summed E-state index contributed by atoms with van der Waals surface area (Å²) in [5, 5.41) is 2.99. The second kappa shape index (κ2) is 5.55. The Balaban J connectivity index is 2.67. The molecule has 3 nitrogen and oxygen atoms in total. The van der Waals surface area contributed by atoms with E-state index in [0.717, 1.165) is 11.3 Å². The van der Waals surface area contributed by atoms with Crippen molar-refractivity contribution in [3.05, 3.63) is 29.8 Å². The molecule has 1 aromatic carbocycles. The quantitative estimate of drug-likeness (QED) is 0.828. The number of benzene rings is 1. The van der Waals surface area contributed by atoms with Gasteiger partial charge >= 0.3 is 0 Å². The van der Waals surface area contributed by atoms with Crippen LogP contribution in [0.15, 0.2) is 24.3 Å². The molecule has 1 unspecified atom stereocenters. The SMILES string of the molecule is CC(Cl)c1ccccc1NCCS(C)(=O)=O. The summed E-state index contributed by atoms with van der Waals surface area (Å²) in [7, 11) is -2.92. The maximum absolute atomic E-state index is 11.0. The van der Waals surface area contributed by atoms with Gasteiger partial charge in [0.05, 0.1) is 11.1 Å². The third-order valence-electron chi connectivity index (χ3n) is 2.18. The van der Waals surface area contributed by atoms with Gasteiger partial charge < -0.3 is 5.32 Å². The highest BCUT2D eigenvalue weighted by Crippen LogP contribution is 2.26. The Kier molecular flexibility index (Phi) is 4.62. The van der Waals surface area contributed by atoms with E-state index in [0.29, 0.717) is 6.54 Å². The summed E-state index contributed by atoms with van der Waals surface area (Å²) in [6, 6.07) is 7.64. The molecule has 0 radical (unpaired) electrons. The zero-order chi connectivity index (χ0) is 12.2. The maximum Gasteiger partial charge on any atom is 0.149 e. The average molecular weight is 262 g/mol. The van der Waals surface area contributed by atoms with Crippen molar-refractivity contribution in [3.63, 3.8) is 0 Å². The predicted octanol–water partition coefficient (Wildman–Crippen LogP) is 2.44. The summed E-state index contributed by atoms with van der Waals surface area (Å²) in [5.74, 6) is 0.123. The summed E-state index contributed by atoms with van der Waals surface area (Å²) in [6.07, 6.45) is 1.23. The van der Waals surface area contributed by atoms with Crippen LogP contribution in [0.4, 0.5) is 5.69 Å². The van der Waals surface area contributed by atoms with E-state index in [1.165, 1.54) is 6.26 Å². The van der Waals surface area contributed by atoms with Crippen LogP contribution in [0.3, 0.4) is 0 Å². The molecule has 1 rings (SSSR count). The Hall–Kier alpha value is -0.740. The van der Waals surface area contributed by atoms with Crippen molar-refractivity contribution in [3.8, 4) is 0 Å². The van der Waals surface area contributed by atoms with Crippen LogP contribution >= 0.6 is 11.6 Å². The van der Waals surface area contributed by atoms with Crippen molar-refractivity contribution in [1.82, 2.24) is 0 Å². The predicted molar refractivity (Wildman–Crippen MR) is 68.9 cm³/mol. The van der Waals surface area contributed by atoms with Gasteiger partial charge in [-0.05, 0) is 18.6 Å². The van der Waals surface area contributed by atoms with Crippen LogP contribution in [-0.2, 0) is 9.84 Å². The number of hydrogen-bond acceptors (Lipinski definition) is 3. The van der Waals surface area contributed by atoms with E-state index in [-0.39, 0.29) is 11.1 Å².